The average molecular weight is 912 g/mol. The maximum atomic E-state index is 12.7. The summed E-state index contributed by atoms with van der Waals surface area (Å²) >= 11 is 0. The number of esters is 2. The quantitative estimate of drug-likeness (QED) is 0.0152. The predicted octanol–water partition coefficient (Wildman–Crippen LogP) is 10.8. The highest BCUT2D eigenvalue weighted by Gasteiger charge is 2.21. The van der Waals surface area contributed by atoms with Gasteiger partial charge in [-0.1, -0.05) is 154 Å². The SMILES string of the molecule is CC/C=C\C/C=C\C/C=C\C/C=C\C/C=C\CCCCCC(=O)O[C@H](COC(=O)CC/C=C\C/C=C\C[C@H](O)/C=C/C=C\C=C\[C@H](O)C/C=C\CC)COP(=O)([O-])OCC[N+](C)(C)C. The van der Waals surface area contributed by atoms with Crippen molar-refractivity contribution in [2.45, 2.75) is 135 Å². The number of carbonyl (C=O) groups is 2. The first-order valence-electron chi connectivity index (χ1n) is 23.1. The molecule has 0 spiro atoms. The summed E-state index contributed by atoms with van der Waals surface area (Å²) in [6.07, 6.45) is 52.7. The molecule has 0 aliphatic rings. The van der Waals surface area contributed by atoms with Crippen LogP contribution in [0.2, 0.25) is 0 Å². The number of nitrogens with zero attached hydrogens (tertiary/aromatic N) is 1. The van der Waals surface area contributed by atoms with Gasteiger partial charge in [0.25, 0.3) is 7.82 Å². The minimum atomic E-state index is -4.69. The summed E-state index contributed by atoms with van der Waals surface area (Å²) in [6, 6.07) is 0. The zero-order chi connectivity index (χ0) is 47.4. The molecule has 0 aromatic carbocycles. The maximum absolute atomic E-state index is 12.7. The van der Waals surface area contributed by atoms with Crippen molar-refractivity contribution in [3.05, 3.63) is 134 Å². The van der Waals surface area contributed by atoms with Gasteiger partial charge < -0.3 is 38.1 Å². The normalized spacial score (nSPS) is 15.7. The largest absolute Gasteiger partial charge is 0.756 e. The van der Waals surface area contributed by atoms with Crippen molar-refractivity contribution >= 4 is 19.8 Å². The molecule has 0 saturated heterocycles. The van der Waals surface area contributed by atoms with Crippen LogP contribution in [0.5, 0.6) is 0 Å². The average Bonchev–Trinajstić information content (AvgIpc) is 3.24. The molecule has 4 atom stereocenters. The Morgan fingerprint density at radius 1 is 0.578 bits per heavy atom. The number of rotatable bonds is 39. The molecule has 0 radical (unpaired) electrons. The van der Waals surface area contributed by atoms with Crippen LogP contribution in [0.15, 0.2) is 134 Å². The van der Waals surface area contributed by atoms with Gasteiger partial charge in [0.1, 0.15) is 19.8 Å². The summed E-state index contributed by atoms with van der Waals surface area (Å²) in [6.45, 7) is 3.64. The molecule has 0 bridgehead atoms. The first-order chi connectivity index (χ1) is 30.8. The molecule has 2 N–H and O–H groups in total. The van der Waals surface area contributed by atoms with Crippen LogP contribution in [0.25, 0.3) is 0 Å². The summed E-state index contributed by atoms with van der Waals surface area (Å²) in [5, 5.41) is 20.0. The summed E-state index contributed by atoms with van der Waals surface area (Å²) in [4.78, 5) is 37.6. The zero-order valence-corrected chi connectivity index (χ0v) is 40.5. The second-order valence-electron chi connectivity index (χ2n) is 16.1. The van der Waals surface area contributed by atoms with E-state index in [0.29, 0.717) is 43.1 Å². The third kappa shape index (κ3) is 44.7. The summed E-state index contributed by atoms with van der Waals surface area (Å²) in [5.74, 6) is -1.06. The van der Waals surface area contributed by atoms with Gasteiger partial charge in [0, 0.05) is 12.8 Å². The van der Waals surface area contributed by atoms with E-state index in [1.54, 1.807) is 36.5 Å². The van der Waals surface area contributed by atoms with Crippen molar-refractivity contribution in [1.29, 1.82) is 0 Å². The number of hydrogen-bond donors (Lipinski definition) is 2. The Morgan fingerprint density at radius 3 is 1.61 bits per heavy atom. The highest BCUT2D eigenvalue weighted by Crippen LogP contribution is 2.38. The molecule has 12 heteroatoms. The molecule has 0 amide bonds. The second kappa shape index (κ2) is 41.8. The Hall–Kier alpha value is -3.93. The van der Waals surface area contributed by atoms with Gasteiger partial charge in [-0.15, -0.1) is 0 Å². The molecule has 0 heterocycles. The fourth-order valence-electron chi connectivity index (χ4n) is 5.23. The van der Waals surface area contributed by atoms with Crippen LogP contribution in [0.1, 0.15) is 117 Å². The Kier molecular flexibility index (Phi) is 39.2. The molecule has 64 heavy (non-hydrogen) atoms. The molecule has 1 unspecified atom stereocenters. The standard InChI is InChI=1S/C52H82NO10P/c1-6-8-10-11-12-13-14-15-16-17-18-19-20-21-22-23-24-29-37-43-52(57)63-50(47-62-64(58,59)61-45-44-53(3,4)5)46-60-51(56)42-36-28-26-25-27-33-39-49(55)41-35-31-30-34-40-48(54)38-32-9-7-2/h8-10,12-13,15-16,18-19,21-22,26-28,30-35,40-41,48-50,54-55H,6-7,11,14,17,20,23-25,29,36-39,42-47H2,1-5H3/b10-8-,13-12-,16-15-,19-18-,22-21-,28-26-,31-30-,32-9-,33-27-,40-34+,41-35+/t48-,49+,50-/m1/s1. The topological polar surface area (TPSA) is 152 Å². The van der Waals surface area contributed by atoms with Crippen molar-refractivity contribution in [1.82, 2.24) is 0 Å². The molecular formula is C52H82NO10P. The summed E-state index contributed by atoms with van der Waals surface area (Å²) in [7, 11) is 1.01. The lowest BCUT2D eigenvalue weighted by atomic mass is 10.1. The zero-order valence-electron chi connectivity index (χ0n) is 39.6. The second-order valence-corrected chi connectivity index (χ2v) is 17.5. The summed E-state index contributed by atoms with van der Waals surface area (Å²) in [5.41, 5.74) is 0. The number of aliphatic hydroxyl groups excluding tert-OH is 2. The molecule has 0 aromatic rings. The molecule has 0 aromatic heterocycles. The maximum Gasteiger partial charge on any atom is 0.306 e. The van der Waals surface area contributed by atoms with Gasteiger partial charge in [0.2, 0.25) is 0 Å². The lowest BCUT2D eigenvalue weighted by Gasteiger charge is -2.28. The Bertz CT molecular complexity index is 1580. The number of phosphoric acid groups is 1. The third-order valence-corrected chi connectivity index (χ3v) is 9.81. The number of allylic oxidation sites excluding steroid dienone is 18. The van der Waals surface area contributed by atoms with Gasteiger partial charge in [0.05, 0.1) is 40.0 Å². The van der Waals surface area contributed by atoms with E-state index in [-0.39, 0.29) is 26.1 Å². The highest BCUT2D eigenvalue weighted by molar-refractivity contribution is 7.45. The summed E-state index contributed by atoms with van der Waals surface area (Å²) < 4.78 is 33.7. The minimum absolute atomic E-state index is 0.0758. The highest BCUT2D eigenvalue weighted by atomic mass is 31.2. The fourth-order valence-corrected chi connectivity index (χ4v) is 5.96. The number of hydrogen-bond acceptors (Lipinski definition) is 10. The van der Waals surface area contributed by atoms with Crippen molar-refractivity contribution in [2.24, 2.45) is 0 Å². The molecule has 0 saturated carbocycles. The number of unbranched alkanes of at least 4 members (excludes halogenated alkanes) is 3. The van der Waals surface area contributed by atoms with E-state index in [4.69, 9.17) is 18.5 Å². The smallest absolute Gasteiger partial charge is 0.306 e. The van der Waals surface area contributed by atoms with Gasteiger partial charge in [-0.25, -0.2) is 0 Å². The molecule has 0 aliphatic carbocycles. The van der Waals surface area contributed by atoms with E-state index in [1.807, 2.05) is 64.5 Å². The predicted molar refractivity (Wildman–Crippen MR) is 261 cm³/mol. The number of aliphatic hydroxyl groups is 2. The number of ether oxygens (including phenoxy) is 2. The van der Waals surface area contributed by atoms with E-state index >= 15 is 0 Å². The van der Waals surface area contributed by atoms with Crippen LogP contribution in [-0.2, 0) is 32.7 Å². The Morgan fingerprint density at radius 2 is 1.06 bits per heavy atom. The van der Waals surface area contributed by atoms with E-state index in [1.165, 1.54) is 0 Å². The lowest BCUT2D eigenvalue weighted by Crippen LogP contribution is -2.37. The van der Waals surface area contributed by atoms with Crippen molar-refractivity contribution < 1.29 is 52.3 Å². The molecular weight excluding hydrogens is 830 g/mol. The molecule has 11 nitrogen and oxygen atoms in total. The molecule has 360 valence electrons. The number of likely N-dealkylation sites (N-methyl/N-ethyl adjacent to an activating group) is 1. The van der Waals surface area contributed by atoms with E-state index in [0.717, 1.165) is 57.8 Å². The van der Waals surface area contributed by atoms with Gasteiger partial charge in [-0.3, -0.25) is 14.2 Å². The van der Waals surface area contributed by atoms with Gasteiger partial charge in [-0.2, -0.15) is 0 Å². The van der Waals surface area contributed by atoms with E-state index < -0.39 is 44.7 Å². The third-order valence-electron chi connectivity index (χ3n) is 8.85. The van der Waals surface area contributed by atoms with E-state index in [2.05, 4.69) is 67.7 Å². The Labute approximate surface area is 386 Å². The van der Waals surface area contributed by atoms with Crippen LogP contribution >= 0.6 is 7.82 Å². The monoisotopic (exact) mass is 912 g/mol. The molecule has 0 aliphatic heterocycles. The minimum Gasteiger partial charge on any atom is -0.756 e. The van der Waals surface area contributed by atoms with Gasteiger partial charge in [0.15, 0.2) is 6.10 Å². The van der Waals surface area contributed by atoms with Crippen molar-refractivity contribution in [3.63, 3.8) is 0 Å². The Balaban J connectivity index is 4.65. The van der Waals surface area contributed by atoms with Crippen LogP contribution in [-0.4, -0.2) is 92.5 Å². The van der Waals surface area contributed by atoms with Crippen LogP contribution in [0, 0.1) is 0 Å². The number of quaternary nitrogens is 1. The molecule has 0 rings (SSSR count). The van der Waals surface area contributed by atoms with Crippen LogP contribution in [0.4, 0.5) is 0 Å². The fraction of sp³-hybridized carbons (Fsp3) is 0.538. The van der Waals surface area contributed by atoms with Crippen LogP contribution in [0.3, 0.4) is 0 Å². The lowest BCUT2D eigenvalue weighted by molar-refractivity contribution is -0.870. The van der Waals surface area contributed by atoms with Crippen molar-refractivity contribution in [3.8, 4) is 0 Å². The van der Waals surface area contributed by atoms with Crippen LogP contribution < -0.4 is 4.89 Å². The number of phosphoric ester groups is 1. The molecule has 0 fully saturated rings. The van der Waals surface area contributed by atoms with Gasteiger partial charge in [-0.05, 0) is 83.5 Å². The first-order valence-corrected chi connectivity index (χ1v) is 24.6. The van der Waals surface area contributed by atoms with Gasteiger partial charge >= 0.3 is 11.9 Å². The first kappa shape index (κ1) is 60.1. The van der Waals surface area contributed by atoms with Crippen molar-refractivity contribution in [2.75, 3.05) is 47.5 Å². The van der Waals surface area contributed by atoms with E-state index in [9.17, 15) is 29.3 Å². The number of carbonyl (C=O) groups excluding carboxylic acids is 2.